The molecule has 0 spiro atoms. The quantitative estimate of drug-likeness (QED) is 0.583. The molecule has 0 saturated carbocycles. The van der Waals surface area contributed by atoms with E-state index in [1.165, 1.54) is 24.3 Å². The van der Waals surface area contributed by atoms with Crippen LogP contribution in [0.1, 0.15) is 24.1 Å². The zero-order valence-electron chi connectivity index (χ0n) is 17.3. The number of nitrogens with one attached hydrogen (secondary N) is 1. The average molecular weight is 432 g/mol. The summed E-state index contributed by atoms with van der Waals surface area (Å²) in [6.45, 7) is 1.63. The topological polar surface area (TPSA) is 75.7 Å². The number of cyclic esters (lactones) is 1. The van der Waals surface area contributed by atoms with E-state index in [2.05, 4.69) is 5.32 Å². The first kappa shape index (κ1) is 21.2. The molecule has 1 aliphatic heterocycles. The highest BCUT2D eigenvalue weighted by molar-refractivity contribution is 6.20. The van der Waals surface area contributed by atoms with Crippen LogP contribution in [0, 0.1) is 5.82 Å². The number of benzene rings is 3. The van der Waals surface area contributed by atoms with Gasteiger partial charge in [-0.1, -0.05) is 60.7 Å². The van der Waals surface area contributed by atoms with E-state index in [1.54, 1.807) is 61.5 Å². The molecular formula is C25H21FN2O4. The number of hydrogen-bond acceptors (Lipinski definition) is 4. The van der Waals surface area contributed by atoms with Gasteiger partial charge in [0, 0.05) is 12.1 Å². The van der Waals surface area contributed by atoms with Crippen molar-refractivity contribution in [2.45, 2.75) is 25.0 Å². The molecule has 3 amide bonds. The van der Waals surface area contributed by atoms with Crippen molar-refractivity contribution in [2.24, 2.45) is 0 Å². The SMILES string of the molecule is C[C@H](c1ccc(F)cc1)N1C(=O)O[C@](Cc2ccccc2)(C(=O)Nc2ccccc2)C1=O. The molecule has 7 heteroatoms. The third kappa shape index (κ3) is 3.97. The standard InChI is InChI=1S/C25H21FN2O4/c1-17(19-12-14-20(26)15-13-19)28-23(30)25(32-24(28)31,16-18-8-4-2-5-9-18)22(29)27-21-10-6-3-7-11-21/h2-15,17H,16H2,1H3,(H,27,29)/t17-,25-/m1/s1. The first-order valence-electron chi connectivity index (χ1n) is 10.1. The van der Waals surface area contributed by atoms with Gasteiger partial charge in [-0.05, 0) is 42.3 Å². The van der Waals surface area contributed by atoms with Gasteiger partial charge in [0.15, 0.2) is 0 Å². The predicted molar refractivity (Wildman–Crippen MR) is 116 cm³/mol. The van der Waals surface area contributed by atoms with Gasteiger partial charge in [-0.3, -0.25) is 9.59 Å². The Bertz CT molecular complexity index is 1140. The summed E-state index contributed by atoms with van der Waals surface area (Å²) in [6, 6.07) is 22.2. The molecule has 0 aromatic heterocycles. The van der Waals surface area contributed by atoms with E-state index in [-0.39, 0.29) is 6.42 Å². The molecular weight excluding hydrogens is 411 g/mol. The Morgan fingerprint density at radius 1 is 0.969 bits per heavy atom. The molecule has 1 fully saturated rings. The minimum atomic E-state index is -2.07. The second kappa shape index (κ2) is 8.63. The van der Waals surface area contributed by atoms with Gasteiger partial charge >= 0.3 is 6.09 Å². The van der Waals surface area contributed by atoms with Crippen LogP contribution in [0.2, 0.25) is 0 Å². The molecule has 1 aliphatic rings. The van der Waals surface area contributed by atoms with Gasteiger partial charge in [-0.2, -0.15) is 0 Å². The summed E-state index contributed by atoms with van der Waals surface area (Å²) in [6.07, 6.45) is -1.05. The van der Waals surface area contributed by atoms with E-state index in [0.29, 0.717) is 16.8 Å². The van der Waals surface area contributed by atoms with Crippen LogP contribution in [-0.2, 0) is 20.7 Å². The smallest absolute Gasteiger partial charge is 0.418 e. The molecule has 6 nitrogen and oxygen atoms in total. The maximum Gasteiger partial charge on any atom is 0.418 e. The molecule has 1 N–H and O–H groups in total. The summed E-state index contributed by atoms with van der Waals surface area (Å²) in [7, 11) is 0. The van der Waals surface area contributed by atoms with Crippen LogP contribution < -0.4 is 5.32 Å². The van der Waals surface area contributed by atoms with Crippen LogP contribution in [0.3, 0.4) is 0 Å². The fourth-order valence-corrected chi connectivity index (χ4v) is 3.72. The molecule has 4 rings (SSSR count). The zero-order chi connectivity index (χ0) is 22.7. The monoisotopic (exact) mass is 432 g/mol. The Kier molecular flexibility index (Phi) is 5.73. The molecule has 0 unspecified atom stereocenters. The lowest BCUT2D eigenvalue weighted by Gasteiger charge is -2.25. The fourth-order valence-electron chi connectivity index (χ4n) is 3.72. The first-order chi connectivity index (χ1) is 15.4. The summed E-state index contributed by atoms with van der Waals surface area (Å²) in [4.78, 5) is 40.7. The van der Waals surface area contributed by atoms with Crippen LogP contribution in [0.25, 0.3) is 0 Å². The average Bonchev–Trinajstić information content (AvgIpc) is 3.05. The Morgan fingerprint density at radius 2 is 1.56 bits per heavy atom. The number of ether oxygens (including phenoxy) is 1. The highest BCUT2D eigenvalue weighted by Crippen LogP contribution is 2.35. The Labute approximate surface area is 184 Å². The number of amides is 3. The Balaban J connectivity index is 1.70. The van der Waals surface area contributed by atoms with Crippen LogP contribution in [0.15, 0.2) is 84.9 Å². The first-order valence-corrected chi connectivity index (χ1v) is 10.1. The zero-order valence-corrected chi connectivity index (χ0v) is 17.3. The molecule has 0 aliphatic carbocycles. The number of anilines is 1. The molecule has 1 heterocycles. The van der Waals surface area contributed by atoms with Gasteiger partial charge < -0.3 is 10.1 Å². The molecule has 1 saturated heterocycles. The van der Waals surface area contributed by atoms with Gasteiger partial charge in [0.1, 0.15) is 5.82 Å². The van der Waals surface area contributed by atoms with Crippen molar-refractivity contribution in [3.05, 3.63) is 102 Å². The number of para-hydroxylation sites is 1. The lowest BCUT2D eigenvalue weighted by atomic mass is 9.91. The third-order valence-corrected chi connectivity index (χ3v) is 5.46. The second-order valence-electron chi connectivity index (χ2n) is 7.58. The minimum Gasteiger partial charge on any atom is -0.422 e. The largest absolute Gasteiger partial charge is 0.422 e. The Hall–Kier alpha value is -4.00. The number of carbonyl (C=O) groups is 3. The number of carbonyl (C=O) groups excluding carboxylic acids is 3. The van der Waals surface area contributed by atoms with Crippen molar-refractivity contribution in [3.63, 3.8) is 0 Å². The Morgan fingerprint density at radius 3 is 2.19 bits per heavy atom. The van der Waals surface area contributed by atoms with Gasteiger partial charge in [0.2, 0.25) is 0 Å². The molecule has 0 bridgehead atoms. The number of hydrogen-bond donors (Lipinski definition) is 1. The molecule has 3 aromatic carbocycles. The van der Waals surface area contributed by atoms with E-state index in [0.717, 1.165) is 4.90 Å². The van der Waals surface area contributed by atoms with Crippen molar-refractivity contribution in [1.29, 1.82) is 0 Å². The van der Waals surface area contributed by atoms with Crippen LogP contribution in [-0.4, -0.2) is 28.4 Å². The number of imide groups is 1. The number of nitrogens with zero attached hydrogens (tertiary/aromatic N) is 1. The lowest BCUT2D eigenvalue weighted by Crippen LogP contribution is -2.52. The summed E-state index contributed by atoms with van der Waals surface area (Å²) < 4.78 is 18.9. The summed E-state index contributed by atoms with van der Waals surface area (Å²) in [5.74, 6) is -1.94. The van der Waals surface area contributed by atoms with Gasteiger partial charge in [0.05, 0.1) is 6.04 Å². The molecule has 0 radical (unpaired) electrons. The van der Waals surface area contributed by atoms with Crippen LogP contribution in [0.5, 0.6) is 0 Å². The third-order valence-electron chi connectivity index (χ3n) is 5.46. The number of rotatable bonds is 6. The van der Waals surface area contributed by atoms with E-state index in [9.17, 15) is 18.8 Å². The molecule has 3 aromatic rings. The van der Waals surface area contributed by atoms with E-state index in [1.807, 2.05) is 6.07 Å². The minimum absolute atomic E-state index is 0.121. The maximum atomic E-state index is 13.6. The van der Waals surface area contributed by atoms with Crippen molar-refractivity contribution < 1.29 is 23.5 Å². The van der Waals surface area contributed by atoms with Crippen molar-refractivity contribution in [3.8, 4) is 0 Å². The van der Waals surface area contributed by atoms with Crippen LogP contribution in [0.4, 0.5) is 14.9 Å². The van der Waals surface area contributed by atoms with Crippen molar-refractivity contribution in [2.75, 3.05) is 5.32 Å². The lowest BCUT2D eigenvalue weighted by molar-refractivity contribution is -0.147. The van der Waals surface area contributed by atoms with E-state index >= 15 is 0 Å². The van der Waals surface area contributed by atoms with Gasteiger partial charge in [0.25, 0.3) is 17.4 Å². The van der Waals surface area contributed by atoms with Crippen molar-refractivity contribution >= 4 is 23.6 Å². The van der Waals surface area contributed by atoms with Crippen molar-refractivity contribution in [1.82, 2.24) is 4.90 Å². The highest BCUT2D eigenvalue weighted by Gasteiger charge is 2.60. The highest BCUT2D eigenvalue weighted by atomic mass is 19.1. The second-order valence-corrected chi connectivity index (χ2v) is 7.58. The van der Waals surface area contributed by atoms with Crippen LogP contribution >= 0.6 is 0 Å². The molecule has 32 heavy (non-hydrogen) atoms. The number of halogens is 1. The predicted octanol–water partition coefficient (Wildman–Crippen LogP) is 4.49. The molecule has 2 atom stereocenters. The van der Waals surface area contributed by atoms with E-state index in [4.69, 9.17) is 4.74 Å². The normalized spacial score (nSPS) is 18.9. The summed E-state index contributed by atoms with van der Waals surface area (Å²) in [5, 5.41) is 2.69. The van der Waals surface area contributed by atoms with Gasteiger partial charge in [-0.25, -0.2) is 14.1 Å². The maximum absolute atomic E-state index is 13.6. The summed E-state index contributed by atoms with van der Waals surface area (Å²) >= 11 is 0. The summed E-state index contributed by atoms with van der Waals surface area (Å²) in [5.41, 5.74) is -0.398. The van der Waals surface area contributed by atoms with E-state index < -0.39 is 35.4 Å². The van der Waals surface area contributed by atoms with Gasteiger partial charge in [-0.15, -0.1) is 0 Å². The fraction of sp³-hybridized carbons (Fsp3) is 0.160. The molecule has 162 valence electrons.